The van der Waals surface area contributed by atoms with E-state index in [1.54, 1.807) is 17.1 Å². The summed E-state index contributed by atoms with van der Waals surface area (Å²) in [6.07, 6.45) is 6.42. The lowest BCUT2D eigenvalue weighted by atomic mass is 10.4. The van der Waals surface area contributed by atoms with Crippen LogP contribution in [0.25, 0.3) is 5.95 Å². The summed E-state index contributed by atoms with van der Waals surface area (Å²) in [6, 6.07) is 0. The van der Waals surface area contributed by atoms with Crippen molar-refractivity contribution in [3.05, 3.63) is 18.7 Å². The van der Waals surface area contributed by atoms with E-state index < -0.39 is 0 Å². The largest absolute Gasteiger partial charge is 0.354 e. The maximum atomic E-state index is 4.60. The number of thioether (sulfide) groups is 1. The minimum atomic E-state index is 0.602. The minimum absolute atomic E-state index is 0.602. The van der Waals surface area contributed by atoms with Gasteiger partial charge in [0.2, 0.25) is 17.8 Å². The van der Waals surface area contributed by atoms with Crippen molar-refractivity contribution in [1.29, 1.82) is 0 Å². The number of hydrogen-bond donors (Lipinski definition) is 1. The monoisotopic (exact) mass is 305 g/mol. The van der Waals surface area contributed by atoms with Gasteiger partial charge < -0.3 is 10.2 Å². The van der Waals surface area contributed by atoms with Gasteiger partial charge >= 0.3 is 0 Å². The second-order valence-electron chi connectivity index (χ2n) is 4.71. The average Bonchev–Trinajstić information content (AvgIpc) is 2.90. The molecule has 3 rings (SSSR count). The Kier molecular flexibility index (Phi) is 4.54. The topological polar surface area (TPSA) is 71.8 Å². The molecule has 0 unspecified atom stereocenters. The fourth-order valence-corrected chi connectivity index (χ4v) is 3.06. The van der Waals surface area contributed by atoms with E-state index >= 15 is 0 Å². The number of rotatable bonds is 4. The highest BCUT2D eigenvalue weighted by Crippen LogP contribution is 2.17. The zero-order chi connectivity index (χ0) is 14.5. The Morgan fingerprint density at radius 3 is 2.90 bits per heavy atom. The Labute approximate surface area is 128 Å². The van der Waals surface area contributed by atoms with Crippen LogP contribution in [0.1, 0.15) is 13.3 Å². The van der Waals surface area contributed by atoms with Crippen molar-refractivity contribution in [3.63, 3.8) is 0 Å². The molecule has 0 aliphatic carbocycles. The molecule has 0 atom stereocenters. The van der Waals surface area contributed by atoms with Crippen molar-refractivity contribution >= 4 is 23.7 Å². The summed E-state index contributed by atoms with van der Waals surface area (Å²) in [5, 5.41) is 3.18. The summed E-state index contributed by atoms with van der Waals surface area (Å²) in [7, 11) is 0. The van der Waals surface area contributed by atoms with E-state index in [4.69, 9.17) is 0 Å². The molecule has 1 N–H and O–H groups in total. The molecule has 1 aliphatic heterocycles. The lowest BCUT2D eigenvalue weighted by Crippen LogP contribution is -2.28. The first-order valence-corrected chi connectivity index (χ1v) is 8.33. The second kappa shape index (κ2) is 6.75. The number of imidazole rings is 1. The number of aromatic nitrogens is 5. The quantitative estimate of drug-likeness (QED) is 0.916. The maximum absolute atomic E-state index is 4.60. The lowest BCUT2D eigenvalue weighted by Gasteiger charge is -2.20. The molecule has 1 aliphatic rings. The van der Waals surface area contributed by atoms with Gasteiger partial charge in [-0.3, -0.25) is 4.57 Å². The summed E-state index contributed by atoms with van der Waals surface area (Å²) >= 11 is 1.99. The Morgan fingerprint density at radius 2 is 2.10 bits per heavy atom. The van der Waals surface area contributed by atoms with Crippen molar-refractivity contribution in [2.24, 2.45) is 0 Å². The lowest BCUT2D eigenvalue weighted by molar-refractivity contribution is 0.766. The Bertz CT molecular complexity index is 564. The van der Waals surface area contributed by atoms with E-state index in [2.05, 4.69) is 30.2 Å². The summed E-state index contributed by atoms with van der Waals surface area (Å²) in [6.45, 7) is 4.78. The average molecular weight is 305 g/mol. The van der Waals surface area contributed by atoms with Gasteiger partial charge in [0, 0.05) is 37.8 Å². The first-order chi connectivity index (χ1) is 10.4. The SMILES string of the molecule is CCNc1nc(N2CCCSCC2)nc(-n2ccnc2)n1. The van der Waals surface area contributed by atoms with Crippen LogP contribution in [0.3, 0.4) is 0 Å². The van der Waals surface area contributed by atoms with Gasteiger partial charge in [-0.1, -0.05) is 0 Å². The van der Waals surface area contributed by atoms with Gasteiger partial charge in [0.25, 0.3) is 0 Å². The molecule has 0 bridgehead atoms. The summed E-state index contributed by atoms with van der Waals surface area (Å²) in [4.78, 5) is 19.9. The molecule has 7 nitrogen and oxygen atoms in total. The molecule has 0 saturated carbocycles. The highest BCUT2D eigenvalue weighted by Gasteiger charge is 2.16. The van der Waals surface area contributed by atoms with Gasteiger partial charge in [0.15, 0.2) is 0 Å². The van der Waals surface area contributed by atoms with Crippen LogP contribution in [0, 0.1) is 0 Å². The summed E-state index contributed by atoms with van der Waals surface area (Å²) in [5.74, 6) is 4.28. The molecule has 0 amide bonds. The van der Waals surface area contributed by atoms with Crippen molar-refractivity contribution in [3.8, 4) is 5.95 Å². The number of anilines is 2. The maximum Gasteiger partial charge on any atom is 0.241 e. The van der Waals surface area contributed by atoms with E-state index in [0.29, 0.717) is 11.9 Å². The highest BCUT2D eigenvalue weighted by molar-refractivity contribution is 7.99. The van der Waals surface area contributed by atoms with Crippen LogP contribution in [-0.2, 0) is 0 Å². The first-order valence-electron chi connectivity index (χ1n) is 7.18. The molecular weight excluding hydrogens is 286 g/mol. The molecule has 3 heterocycles. The van der Waals surface area contributed by atoms with Crippen molar-refractivity contribution in [2.45, 2.75) is 13.3 Å². The van der Waals surface area contributed by atoms with Gasteiger partial charge in [-0.05, 0) is 19.1 Å². The van der Waals surface area contributed by atoms with Gasteiger partial charge in [0.1, 0.15) is 6.33 Å². The van der Waals surface area contributed by atoms with Crippen LogP contribution >= 0.6 is 11.8 Å². The van der Waals surface area contributed by atoms with E-state index in [0.717, 1.165) is 37.8 Å². The fourth-order valence-electron chi connectivity index (χ4n) is 2.17. The zero-order valence-electron chi connectivity index (χ0n) is 12.1. The Morgan fingerprint density at radius 1 is 1.19 bits per heavy atom. The van der Waals surface area contributed by atoms with E-state index in [9.17, 15) is 0 Å². The Balaban J connectivity index is 1.94. The van der Waals surface area contributed by atoms with Crippen molar-refractivity contribution in [2.75, 3.05) is 41.4 Å². The normalized spacial score (nSPS) is 15.8. The second-order valence-corrected chi connectivity index (χ2v) is 5.94. The fraction of sp³-hybridized carbons (Fsp3) is 0.538. The van der Waals surface area contributed by atoms with E-state index in [-0.39, 0.29) is 0 Å². The van der Waals surface area contributed by atoms with Gasteiger partial charge in [-0.15, -0.1) is 0 Å². The van der Waals surface area contributed by atoms with E-state index in [1.807, 2.05) is 24.9 Å². The molecular formula is C13H19N7S. The van der Waals surface area contributed by atoms with Gasteiger partial charge in [-0.2, -0.15) is 26.7 Å². The van der Waals surface area contributed by atoms with Crippen LogP contribution in [0.5, 0.6) is 0 Å². The van der Waals surface area contributed by atoms with Crippen molar-refractivity contribution in [1.82, 2.24) is 24.5 Å². The molecule has 0 radical (unpaired) electrons. The molecule has 8 heteroatoms. The van der Waals surface area contributed by atoms with Crippen LogP contribution < -0.4 is 10.2 Å². The predicted molar refractivity (Wildman–Crippen MR) is 85.3 cm³/mol. The summed E-state index contributed by atoms with van der Waals surface area (Å²) in [5.41, 5.74) is 0. The Hall–Kier alpha value is -1.83. The molecule has 1 saturated heterocycles. The van der Waals surface area contributed by atoms with Gasteiger partial charge in [0.05, 0.1) is 0 Å². The third-order valence-corrected chi connectivity index (χ3v) is 4.24. The predicted octanol–water partition coefficient (Wildman–Crippen LogP) is 1.43. The molecule has 21 heavy (non-hydrogen) atoms. The van der Waals surface area contributed by atoms with Crippen LogP contribution in [0.4, 0.5) is 11.9 Å². The zero-order valence-corrected chi connectivity index (χ0v) is 12.9. The van der Waals surface area contributed by atoms with E-state index in [1.165, 1.54) is 5.75 Å². The molecule has 2 aromatic heterocycles. The third kappa shape index (κ3) is 3.44. The van der Waals surface area contributed by atoms with Crippen LogP contribution in [0.15, 0.2) is 18.7 Å². The van der Waals surface area contributed by atoms with Crippen LogP contribution in [-0.4, -0.2) is 55.6 Å². The molecule has 1 fully saturated rings. The molecule has 0 spiro atoms. The number of nitrogens with one attached hydrogen (secondary N) is 1. The highest BCUT2D eigenvalue weighted by atomic mass is 32.2. The smallest absolute Gasteiger partial charge is 0.241 e. The first kappa shape index (κ1) is 14.1. The molecule has 0 aromatic carbocycles. The third-order valence-electron chi connectivity index (χ3n) is 3.19. The van der Waals surface area contributed by atoms with Crippen molar-refractivity contribution < 1.29 is 0 Å². The number of nitrogens with zero attached hydrogens (tertiary/aromatic N) is 6. The summed E-state index contributed by atoms with van der Waals surface area (Å²) < 4.78 is 1.80. The number of hydrogen-bond acceptors (Lipinski definition) is 7. The van der Waals surface area contributed by atoms with Gasteiger partial charge in [-0.25, -0.2) is 4.98 Å². The standard InChI is InChI=1S/C13H19N7S/c1-2-15-11-16-12(19-5-3-8-21-9-7-19)18-13(17-11)20-6-4-14-10-20/h4,6,10H,2-3,5,7-9H2,1H3,(H,15,16,17,18). The molecule has 112 valence electrons. The minimum Gasteiger partial charge on any atom is -0.354 e. The van der Waals surface area contributed by atoms with Crippen LogP contribution in [0.2, 0.25) is 0 Å². The molecule has 2 aromatic rings.